The molecule has 0 atom stereocenters. The van der Waals surface area contributed by atoms with Crippen LogP contribution in [-0.4, -0.2) is 12.1 Å². The van der Waals surface area contributed by atoms with Gasteiger partial charge in [-0.3, -0.25) is 0 Å². The molecule has 0 aliphatic carbocycles. The van der Waals surface area contributed by atoms with Gasteiger partial charge in [0.05, 0.1) is 15.6 Å². The van der Waals surface area contributed by atoms with Gasteiger partial charge in [0.25, 0.3) is 0 Å². The van der Waals surface area contributed by atoms with E-state index in [0.29, 0.717) is 6.61 Å². The van der Waals surface area contributed by atoms with E-state index < -0.39 is 0 Å². The molecule has 1 aromatic rings. The molecule has 0 saturated carbocycles. The number of ether oxygens (including phenoxy) is 1. The predicted molar refractivity (Wildman–Crippen MR) is 93.5 cm³/mol. The molecule has 0 aliphatic rings. The molecule has 0 amide bonds. The van der Waals surface area contributed by atoms with Gasteiger partial charge in [0.2, 0.25) is 0 Å². The molecule has 1 aromatic carbocycles. The van der Waals surface area contributed by atoms with E-state index in [-0.39, 0.29) is 5.54 Å². The van der Waals surface area contributed by atoms with E-state index in [4.69, 9.17) is 4.74 Å². The molecule has 0 spiro atoms. The second-order valence-electron chi connectivity index (χ2n) is 5.02. The summed E-state index contributed by atoms with van der Waals surface area (Å²) in [5, 5.41) is 3.72. The van der Waals surface area contributed by atoms with Crippen LogP contribution in [0.4, 0.5) is 0 Å². The normalized spacial score (nSPS) is 11.7. The smallest absolute Gasteiger partial charge is 0.147 e. The highest BCUT2D eigenvalue weighted by atomic mass is 79.9. The largest absolute Gasteiger partial charge is 0.492 e. The Kier molecular flexibility index (Phi) is 7.56. The van der Waals surface area contributed by atoms with Gasteiger partial charge in [0, 0.05) is 12.1 Å². The van der Waals surface area contributed by atoms with Gasteiger partial charge >= 0.3 is 0 Å². The molecule has 0 saturated heterocycles. The topological polar surface area (TPSA) is 21.3 Å². The van der Waals surface area contributed by atoms with Crippen LogP contribution >= 0.6 is 31.9 Å². The Balaban J connectivity index is 2.84. The van der Waals surface area contributed by atoms with Crippen molar-refractivity contribution in [2.45, 2.75) is 59.0 Å². The van der Waals surface area contributed by atoms with Crippen molar-refractivity contribution in [3.8, 4) is 5.75 Å². The third-order valence-corrected chi connectivity index (χ3v) is 5.22. The maximum atomic E-state index is 5.62. The van der Waals surface area contributed by atoms with Crippen molar-refractivity contribution in [1.82, 2.24) is 5.32 Å². The first-order valence-electron chi connectivity index (χ1n) is 7.37. The molecule has 0 aromatic heterocycles. The molecule has 4 heteroatoms. The Bertz CT molecular complexity index is 399. The molecule has 0 radical (unpaired) electrons. The summed E-state index contributed by atoms with van der Waals surface area (Å²) < 4.78 is 7.62. The number of benzene rings is 1. The van der Waals surface area contributed by atoms with Crippen LogP contribution in [0.2, 0.25) is 0 Å². The summed E-state index contributed by atoms with van der Waals surface area (Å²) in [5.74, 6) is 0.879. The van der Waals surface area contributed by atoms with Gasteiger partial charge in [-0.15, -0.1) is 0 Å². The second kappa shape index (κ2) is 8.40. The highest BCUT2D eigenvalue weighted by molar-refractivity contribution is 9.11. The molecule has 1 N–H and O–H groups in total. The lowest BCUT2D eigenvalue weighted by molar-refractivity contribution is 0.288. The number of nitrogens with one attached hydrogen (secondary N) is 1. The first kappa shape index (κ1) is 18.0. The van der Waals surface area contributed by atoms with Crippen molar-refractivity contribution in [1.29, 1.82) is 0 Å². The van der Waals surface area contributed by atoms with Crippen molar-refractivity contribution in [2.75, 3.05) is 6.61 Å². The van der Waals surface area contributed by atoms with E-state index in [9.17, 15) is 0 Å². The van der Waals surface area contributed by atoms with Gasteiger partial charge in [-0.25, -0.2) is 0 Å². The lowest BCUT2D eigenvalue weighted by Gasteiger charge is -2.32. The molecule has 2 nitrogen and oxygen atoms in total. The number of hydrogen-bond donors (Lipinski definition) is 1. The Morgan fingerprint density at radius 1 is 1.00 bits per heavy atom. The van der Waals surface area contributed by atoms with Gasteiger partial charge in [-0.05, 0) is 75.7 Å². The Morgan fingerprint density at radius 2 is 1.50 bits per heavy atom. The fourth-order valence-corrected chi connectivity index (χ4v) is 3.92. The van der Waals surface area contributed by atoms with Crippen LogP contribution in [0.1, 0.15) is 52.5 Å². The first-order chi connectivity index (χ1) is 9.51. The van der Waals surface area contributed by atoms with Crippen LogP contribution in [0.25, 0.3) is 0 Å². The Morgan fingerprint density at radius 3 is 1.90 bits per heavy atom. The van der Waals surface area contributed by atoms with Gasteiger partial charge in [0.1, 0.15) is 5.75 Å². The van der Waals surface area contributed by atoms with Gasteiger partial charge in [-0.2, -0.15) is 0 Å². The monoisotopic (exact) mass is 405 g/mol. The first-order valence-corrected chi connectivity index (χ1v) is 8.96. The highest BCUT2D eigenvalue weighted by Crippen LogP contribution is 2.35. The SMILES string of the molecule is CCOc1c(Br)cc(CNC(CC)(CC)CC)cc1Br. The number of hydrogen-bond acceptors (Lipinski definition) is 2. The molecule has 0 unspecified atom stereocenters. The van der Waals surface area contributed by atoms with Crippen molar-refractivity contribution in [2.24, 2.45) is 0 Å². The van der Waals surface area contributed by atoms with Crippen molar-refractivity contribution < 1.29 is 4.74 Å². The zero-order valence-electron chi connectivity index (χ0n) is 12.9. The highest BCUT2D eigenvalue weighted by Gasteiger charge is 2.22. The van der Waals surface area contributed by atoms with Gasteiger partial charge in [-0.1, -0.05) is 20.8 Å². The van der Waals surface area contributed by atoms with Crippen LogP contribution < -0.4 is 10.1 Å². The minimum atomic E-state index is 0.248. The summed E-state index contributed by atoms with van der Waals surface area (Å²) in [5.41, 5.74) is 1.50. The van der Waals surface area contributed by atoms with E-state index in [1.807, 2.05) is 6.92 Å². The standard InChI is InChI=1S/C16H25Br2NO/c1-5-16(6-2,7-3)19-11-12-9-13(17)15(20-8-4)14(18)10-12/h9-10,19H,5-8,11H2,1-4H3. The summed E-state index contributed by atoms with van der Waals surface area (Å²) in [6.07, 6.45) is 3.46. The Hall–Kier alpha value is -0.0600. The Labute approximate surface area is 139 Å². The van der Waals surface area contributed by atoms with Gasteiger partial charge in [0.15, 0.2) is 0 Å². The lowest BCUT2D eigenvalue weighted by atomic mass is 9.89. The molecule has 0 heterocycles. The number of halogens is 2. The molecule has 20 heavy (non-hydrogen) atoms. The zero-order chi connectivity index (χ0) is 15.2. The maximum Gasteiger partial charge on any atom is 0.147 e. The average Bonchev–Trinajstić information content (AvgIpc) is 2.45. The van der Waals surface area contributed by atoms with E-state index >= 15 is 0 Å². The van der Waals surface area contributed by atoms with E-state index in [2.05, 4.69) is 70.1 Å². The third-order valence-electron chi connectivity index (χ3n) is 4.04. The third kappa shape index (κ3) is 4.47. The fourth-order valence-electron chi connectivity index (χ4n) is 2.41. The second-order valence-corrected chi connectivity index (χ2v) is 6.72. The minimum Gasteiger partial charge on any atom is -0.492 e. The lowest BCUT2D eigenvalue weighted by Crippen LogP contribution is -2.43. The molecular formula is C16H25Br2NO. The summed E-state index contributed by atoms with van der Waals surface area (Å²) in [6, 6.07) is 4.27. The van der Waals surface area contributed by atoms with Gasteiger partial charge < -0.3 is 10.1 Å². The van der Waals surface area contributed by atoms with Crippen molar-refractivity contribution in [3.63, 3.8) is 0 Å². The fraction of sp³-hybridized carbons (Fsp3) is 0.625. The van der Waals surface area contributed by atoms with Crippen LogP contribution in [-0.2, 0) is 6.54 Å². The molecule has 114 valence electrons. The van der Waals surface area contributed by atoms with Crippen LogP contribution in [0.3, 0.4) is 0 Å². The molecule has 0 fully saturated rings. The number of rotatable bonds is 8. The van der Waals surface area contributed by atoms with Crippen molar-refractivity contribution >= 4 is 31.9 Å². The average molecular weight is 407 g/mol. The summed E-state index contributed by atoms with van der Waals surface area (Å²) in [7, 11) is 0. The van der Waals surface area contributed by atoms with E-state index in [1.165, 1.54) is 5.56 Å². The van der Waals surface area contributed by atoms with E-state index in [1.54, 1.807) is 0 Å². The quantitative estimate of drug-likeness (QED) is 0.600. The van der Waals surface area contributed by atoms with Crippen LogP contribution in [0, 0.1) is 0 Å². The van der Waals surface area contributed by atoms with E-state index in [0.717, 1.165) is 40.5 Å². The minimum absolute atomic E-state index is 0.248. The maximum absolute atomic E-state index is 5.62. The van der Waals surface area contributed by atoms with Crippen LogP contribution in [0.5, 0.6) is 5.75 Å². The summed E-state index contributed by atoms with van der Waals surface area (Å²) in [4.78, 5) is 0. The van der Waals surface area contributed by atoms with Crippen LogP contribution in [0.15, 0.2) is 21.1 Å². The zero-order valence-corrected chi connectivity index (χ0v) is 16.0. The summed E-state index contributed by atoms with van der Waals surface area (Å²) >= 11 is 7.18. The molecule has 0 bridgehead atoms. The molecule has 0 aliphatic heterocycles. The molecule has 1 rings (SSSR count). The molecular weight excluding hydrogens is 382 g/mol. The van der Waals surface area contributed by atoms with Crippen molar-refractivity contribution in [3.05, 3.63) is 26.6 Å². The predicted octanol–water partition coefficient (Wildman–Crippen LogP) is 5.67. The summed E-state index contributed by atoms with van der Waals surface area (Å²) in [6.45, 7) is 10.3.